The SMILES string of the molecule is CNCC1CCCN(Cc2cn(C)nc2C)C1. The number of piperidine rings is 1. The molecule has 0 bridgehead atoms. The first kappa shape index (κ1) is 12.6. The molecule has 0 aromatic carbocycles. The Balaban J connectivity index is 1.92. The van der Waals surface area contributed by atoms with Crippen LogP contribution in [0.25, 0.3) is 0 Å². The second-order valence-corrected chi connectivity index (χ2v) is 5.21. The van der Waals surface area contributed by atoms with Crippen molar-refractivity contribution in [1.29, 1.82) is 0 Å². The Labute approximate surface area is 104 Å². The highest BCUT2D eigenvalue weighted by Gasteiger charge is 2.20. The fraction of sp³-hybridized carbons (Fsp3) is 0.769. The predicted molar refractivity (Wildman–Crippen MR) is 69.9 cm³/mol. The number of hydrogen-bond acceptors (Lipinski definition) is 3. The van der Waals surface area contributed by atoms with Crippen molar-refractivity contribution in [3.63, 3.8) is 0 Å². The third-order valence-electron chi connectivity index (χ3n) is 3.60. The van der Waals surface area contributed by atoms with Crippen LogP contribution in [0.4, 0.5) is 0 Å². The summed E-state index contributed by atoms with van der Waals surface area (Å²) in [6.45, 7) is 6.75. The Bertz CT molecular complexity index is 356. The zero-order valence-electron chi connectivity index (χ0n) is 11.2. The molecule has 0 spiro atoms. The number of nitrogens with zero attached hydrogens (tertiary/aromatic N) is 3. The third kappa shape index (κ3) is 3.30. The van der Waals surface area contributed by atoms with Gasteiger partial charge < -0.3 is 5.32 Å². The fourth-order valence-electron chi connectivity index (χ4n) is 2.79. The van der Waals surface area contributed by atoms with Gasteiger partial charge in [0.2, 0.25) is 0 Å². The first-order valence-electron chi connectivity index (χ1n) is 6.55. The number of likely N-dealkylation sites (tertiary alicyclic amines) is 1. The molecule has 0 saturated carbocycles. The molecule has 96 valence electrons. The van der Waals surface area contributed by atoms with Crippen LogP contribution >= 0.6 is 0 Å². The summed E-state index contributed by atoms with van der Waals surface area (Å²) >= 11 is 0. The normalized spacial score (nSPS) is 21.9. The zero-order valence-corrected chi connectivity index (χ0v) is 11.2. The van der Waals surface area contributed by atoms with Gasteiger partial charge in [-0.15, -0.1) is 0 Å². The highest BCUT2D eigenvalue weighted by Crippen LogP contribution is 2.18. The van der Waals surface area contributed by atoms with Gasteiger partial charge in [-0.3, -0.25) is 9.58 Å². The number of rotatable bonds is 4. The van der Waals surface area contributed by atoms with E-state index in [1.165, 1.54) is 37.2 Å². The van der Waals surface area contributed by atoms with Crippen molar-refractivity contribution in [2.75, 3.05) is 26.7 Å². The first-order chi connectivity index (χ1) is 8.19. The summed E-state index contributed by atoms with van der Waals surface area (Å²) in [5, 5.41) is 7.70. The van der Waals surface area contributed by atoms with Gasteiger partial charge in [-0.05, 0) is 45.8 Å². The minimum absolute atomic E-state index is 0.811. The molecule has 2 heterocycles. The molecule has 1 aromatic heterocycles. The molecule has 17 heavy (non-hydrogen) atoms. The lowest BCUT2D eigenvalue weighted by Crippen LogP contribution is -2.38. The maximum Gasteiger partial charge on any atom is 0.0638 e. The summed E-state index contributed by atoms with van der Waals surface area (Å²) in [6, 6.07) is 0. The maximum absolute atomic E-state index is 4.41. The number of aromatic nitrogens is 2. The van der Waals surface area contributed by atoms with Gasteiger partial charge in [0.15, 0.2) is 0 Å². The van der Waals surface area contributed by atoms with Crippen LogP contribution in [0, 0.1) is 12.8 Å². The molecular weight excluding hydrogens is 212 g/mol. The van der Waals surface area contributed by atoms with E-state index in [4.69, 9.17) is 0 Å². The minimum atomic E-state index is 0.811. The molecule has 0 radical (unpaired) electrons. The van der Waals surface area contributed by atoms with Crippen LogP contribution in [0.2, 0.25) is 0 Å². The average molecular weight is 236 g/mol. The largest absolute Gasteiger partial charge is 0.319 e. The van der Waals surface area contributed by atoms with Gasteiger partial charge in [0, 0.05) is 31.9 Å². The van der Waals surface area contributed by atoms with Crippen molar-refractivity contribution in [2.45, 2.75) is 26.3 Å². The molecule has 1 aliphatic rings. The van der Waals surface area contributed by atoms with E-state index >= 15 is 0 Å². The molecule has 1 fully saturated rings. The highest BCUT2D eigenvalue weighted by molar-refractivity contribution is 5.15. The lowest BCUT2D eigenvalue weighted by Gasteiger charge is -2.32. The second kappa shape index (κ2) is 5.65. The van der Waals surface area contributed by atoms with Crippen LogP contribution < -0.4 is 5.32 Å². The lowest BCUT2D eigenvalue weighted by molar-refractivity contribution is 0.166. The monoisotopic (exact) mass is 236 g/mol. The van der Waals surface area contributed by atoms with E-state index < -0.39 is 0 Å². The second-order valence-electron chi connectivity index (χ2n) is 5.21. The lowest BCUT2D eigenvalue weighted by atomic mass is 9.97. The third-order valence-corrected chi connectivity index (χ3v) is 3.60. The highest BCUT2D eigenvalue weighted by atomic mass is 15.3. The maximum atomic E-state index is 4.41. The van der Waals surface area contributed by atoms with Crippen LogP contribution in [-0.4, -0.2) is 41.4 Å². The Morgan fingerprint density at radius 3 is 3.00 bits per heavy atom. The molecule has 4 nitrogen and oxygen atoms in total. The molecule has 1 aromatic rings. The van der Waals surface area contributed by atoms with Gasteiger partial charge in [-0.1, -0.05) is 0 Å². The van der Waals surface area contributed by atoms with Crippen LogP contribution in [0.5, 0.6) is 0 Å². The summed E-state index contributed by atoms with van der Waals surface area (Å²) in [6.07, 6.45) is 4.84. The van der Waals surface area contributed by atoms with Crippen molar-refractivity contribution < 1.29 is 0 Å². The Kier molecular flexibility index (Phi) is 4.18. The molecule has 1 N–H and O–H groups in total. The predicted octanol–water partition coefficient (Wildman–Crippen LogP) is 1.16. The van der Waals surface area contributed by atoms with E-state index in [1.807, 2.05) is 18.8 Å². The molecule has 0 aliphatic carbocycles. The summed E-state index contributed by atoms with van der Waals surface area (Å²) in [7, 11) is 4.04. The minimum Gasteiger partial charge on any atom is -0.319 e. The molecule has 1 atom stereocenters. The quantitative estimate of drug-likeness (QED) is 0.851. The molecule has 1 saturated heterocycles. The smallest absolute Gasteiger partial charge is 0.0638 e. The average Bonchev–Trinajstić information content (AvgIpc) is 2.58. The number of nitrogens with one attached hydrogen (secondary N) is 1. The van der Waals surface area contributed by atoms with Gasteiger partial charge in [0.05, 0.1) is 5.69 Å². The van der Waals surface area contributed by atoms with E-state index in [0.29, 0.717) is 0 Å². The van der Waals surface area contributed by atoms with Gasteiger partial charge in [0.1, 0.15) is 0 Å². The van der Waals surface area contributed by atoms with E-state index in [9.17, 15) is 0 Å². The summed E-state index contributed by atoms with van der Waals surface area (Å²) in [5.74, 6) is 0.811. The Hall–Kier alpha value is -0.870. The molecule has 1 unspecified atom stereocenters. The fourth-order valence-corrected chi connectivity index (χ4v) is 2.79. The van der Waals surface area contributed by atoms with E-state index in [-0.39, 0.29) is 0 Å². The van der Waals surface area contributed by atoms with Crippen LogP contribution in [0.15, 0.2) is 6.20 Å². The Morgan fingerprint density at radius 2 is 2.35 bits per heavy atom. The van der Waals surface area contributed by atoms with E-state index in [1.54, 1.807) is 0 Å². The van der Waals surface area contributed by atoms with Gasteiger partial charge in [-0.2, -0.15) is 5.10 Å². The number of aryl methyl sites for hydroxylation is 2. The standard InChI is InChI=1S/C13H24N4/c1-11-13(9-16(3)15-11)10-17-6-4-5-12(8-17)7-14-2/h9,12,14H,4-8,10H2,1-3H3. The van der Waals surface area contributed by atoms with Crippen LogP contribution in [-0.2, 0) is 13.6 Å². The Morgan fingerprint density at radius 1 is 1.53 bits per heavy atom. The van der Waals surface area contributed by atoms with Gasteiger partial charge in [0.25, 0.3) is 0 Å². The number of hydrogen-bond donors (Lipinski definition) is 1. The molecular formula is C13H24N4. The van der Waals surface area contributed by atoms with Crippen molar-refractivity contribution in [3.05, 3.63) is 17.5 Å². The van der Waals surface area contributed by atoms with E-state index in [0.717, 1.165) is 19.0 Å². The van der Waals surface area contributed by atoms with E-state index in [2.05, 4.69) is 28.4 Å². The molecule has 0 amide bonds. The molecule has 4 heteroatoms. The van der Waals surface area contributed by atoms with Crippen molar-refractivity contribution in [2.24, 2.45) is 13.0 Å². The first-order valence-corrected chi connectivity index (χ1v) is 6.55. The van der Waals surface area contributed by atoms with Crippen LogP contribution in [0.1, 0.15) is 24.1 Å². The summed E-state index contributed by atoms with van der Waals surface area (Å²) in [4.78, 5) is 2.56. The van der Waals surface area contributed by atoms with Crippen LogP contribution in [0.3, 0.4) is 0 Å². The molecule has 2 rings (SSSR count). The van der Waals surface area contributed by atoms with Gasteiger partial charge in [-0.25, -0.2) is 0 Å². The molecule has 1 aliphatic heterocycles. The summed E-state index contributed by atoms with van der Waals surface area (Å²) in [5.41, 5.74) is 2.54. The summed E-state index contributed by atoms with van der Waals surface area (Å²) < 4.78 is 1.92. The topological polar surface area (TPSA) is 33.1 Å². The zero-order chi connectivity index (χ0) is 12.3. The van der Waals surface area contributed by atoms with Gasteiger partial charge >= 0.3 is 0 Å². The van der Waals surface area contributed by atoms with Crippen molar-refractivity contribution >= 4 is 0 Å². The van der Waals surface area contributed by atoms with Crippen molar-refractivity contribution in [3.8, 4) is 0 Å². The van der Waals surface area contributed by atoms with Crippen molar-refractivity contribution in [1.82, 2.24) is 20.0 Å².